The summed E-state index contributed by atoms with van der Waals surface area (Å²) >= 11 is 0. The van der Waals surface area contributed by atoms with Gasteiger partial charge in [0, 0.05) is 26.4 Å². The SMILES string of the molecule is Cn1cnnc1CCNC(=O)CC1(C(=O)O)CCCC1. The predicted molar refractivity (Wildman–Crippen MR) is 70.9 cm³/mol. The molecule has 20 heavy (non-hydrogen) atoms. The van der Waals surface area contributed by atoms with Crippen LogP contribution in [-0.2, 0) is 23.1 Å². The summed E-state index contributed by atoms with van der Waals surface area (Å²) in [5, 5.41) is 19.8. The largest absolute Gasteiger partial charge is 0.481 e. The zero-order valence-corrected chi connectivity index (χ0v) is 11.6. The molecule has 0 bridgehead atoms. The molecule has 0 atom stereocenters. The van der Waals surface area contributed by atoms with Gasteiger partial charge in [0.25, 0.3) is 0 Å². The molecule has 7 nitrogen and oxygen atoms in total. The van der Waals surface area contributed by atoms with Gasteiger partial charge < -0.3 is 15.0 Å². The van der Waals surface area contributed by atoms with Crippen LogP contribution in [0.25, 0.3) is 0 Å². The Bertz CT molecular complexity index is 492. The van der Waals surface area contributed by atoms with Crippen LogP contribution < -0.4 is 5.32 Å². The van der Waals surface area contributed by atoms with Crippen molar-refractivity contribution in [2.45, 2.75) is 38.5 Å². The van der Waals surface area contributed by atoms with E-state index in [0.717, 1.165) is 18.7 Å². The van der Waals surface area contributed by atoms with Crippen molar-refractivity contribution in [2.75, 3.05) is 6.54 Å². The van der Waals surface area contributed by atoms with E-state index in [1.807, 2.05) is 7.05 Å². The Morgan fingerprint density at radius 3 is 2.70 bits per heavy atom. The van der Waals surface area contributed by atoms with Gasteiger partial charge in [-0.05, 0) is 12.8 Å². The van der Waals surface area contributed by atoms with E-state index in [-0.39, 0.29) is 12.3 Å². The molecule has 0 aliphatic heterocycles. The van der Waals surface area contributed by atoms with Gasteiger partial charge in [-0.2, -0.15) is 0 Å². The lowest BCUT2D eigenvalue weighted by Gasteiger charge is -2.22. The zero-order chi connectivity index (χ0) is 14.6. The van der Waals surface area contributed by atoms with Crippen molar-refractivity contribution in [3.63, 3.8) is 0 Å². The lowest BCUT2D eigenvalue weighted by Crippen LogP contribution is -2.36. The van der Waals surface area contributed by atoms with Crippen LogP contribution in [0.2, 0.25) is 0 Å². The maximum Gasteiger partial charge on any atom is 0.310 e. The Morgan fingerprint density at radius 1 is 1.45 bits per heavy atom. The fourth-order valence-corrected chi connectivity index (χ4v) is 2.74. The number of rotatable bonds is 6. The van der Waals surface area contributed by atoms with E-state index in [0.29, 0.717) is 25.8 Å². The minimum Gasteiger partial charge on any atom is -0.481 e. The van der Waals surface area contributed by atoms with E-state index >= 15 is 0 Å². The van der Waals surface area contributed by atoms with Crippen LogP contribution in [0.15, 0.2) is 6.33 Å². The Labute approximate surface area is 117 Å². The molecule has 1 amide bonds. The molecule has 0 spiro atoms. The summed E-state index contributed by atoms with van der Waals surface area (Å²) in [6, 6.07) is 0. The second-order valence-corrected chi connectivity index (χ2v) is 5.43. The first-order chi connectivity index (χ1) is 9.53. The van der Waals surface area contributed by atoms with Gasteiger partial charge in [0.05, 0.1) is 5.41 Å². The van der Waals surface area contributed by atoms with Crippen molar-refractivity contribution in [1.82, 2.24) is 20.1 Å². The molecule has 1 aliphatic carbocycles. The molecule has 2 rings (SSSR count). The smallest absolute Gasteiger partial charge is 0.310 e. The summed E-state index contributed by atoms with van der Waals surface area (Å²) in [5.41, 5.74) is -0.852. The Balaban J connectivity index is 1.80. The predicted octanol–water partition coefficient (Wildman–Crippen LogP) is 0.509. The van der Waals surface area contributed by atoms with Crippen LogP contribution in [0, 0.1) is 5.41 Å². The third-order valence-corrected chi connectivity index (χ3v) is 3.99. The molecular formula is C13H20N4O3. The number of nitrogens with zero attached hydrogens (tertiary/aromatic N) is 3. The number of hydrogen-bond acceptors (Lipinski definition) is 4. The van der Waals surface area contributed by atoms with E-state index in [2.05, 4.69) is 15.5 Å². The Morgan fingerprint density at radius 2 is 2.15 bits per heavy atom. The first-order valence-electron chi connectivity index (χ1n) is 6.86. The van der Waals surface area contributed by atoms with Crippen molar-refractivity contribution in [3.8, 4) is 0 Å². The second-order valence-electron chi connectivity index (χ2n) is 5.43. The maximum atomic E-state index is 11.9. The number of aryl methyl sites for hydroxylation is 1. The Kier molecular flexibility index (Phi) is 4.36. The van der Waals surface area contributed by atoms with Gasteiger partial charge in [-0.1, -0.05) is 12.8 Å². The number of carbonyl (C=O) groups is 2. The van der Waals surface area contributed by atoms with E-state index in [1.54, 1.807) is 10.9 Å². The number of carboxylic acid groups (broad SMARTS) is 1. The minimum absolute atomic E-state index is 0.0706. The molecular weight excluding hydrogens is 260 g/mol. The maximum absolute atomic E-state index is 11.9. The van der Waals surface area contributed by atoms with Gasteiger partial charge in [-0.25, -0.2) is 0 Å². The summed E-state index contributed by atoms with van der Waals surface area (Å²) in [6.07, 6.45) is 5.23. The highest BCUT2D eigenvalue weighted by Gasteiger charge is 2.42. The summed E-state index contributed by atoms with van der Waals surface area (Å²) in [7, 11) is 1.84. The molecule has 1 saturated carbocycles. The molecule has 7 heteroatoms. The second kappa shape index (κ2) is 6.02. The van der Waals surface area contributed by atoms with Gasteiger partial charge in [0.2, 0.25) is 5.91 Å². The van der Waals surface area contributed by atoms with E-state index in [1.165, 1.54) is 0 Å². The van der Waals surface area contributed by atoms with Gasteiger partial charge in [-0.15, -0.1) is 10.2 Å². The molecule has 0 unspecified atom stereocenters. The normalized spacial score (nSPS) is 17.1. The molecule has 0 aromatic carbocycles. The van der Waals surface area contributed by atoms with Gasteiger partial charge in [0.15, 0.2) is 0 Å². The third-order valence-electron chi connectivity index (χ3n) is 3.99. The van der Waals surface area contributed by atoms with Crippen LogP contribution in [0.1, 0.15) is 37.9 Å². The van der Waals surface area contributed by atoms with Crippen LogP contribution in [0.5, 0.6) is 0 Å². The molecule has 0 radical (unpaired) electrons. The molecule has 1 fully saturated rings. The third kappa shape index (κ3) is 3.15. The van der Waals surface area contributed by atoms with Crippen molar-refractivity contribution in [2.24, 2.45) is 12.5 Å². The number of carboxylic acids is 1. The number of aromatic nitrogens is 3. The van der Waals surface area contributed by atoms with Crippen molar-refractivity contribution < 1.29 is 14.7 Å². The first kappa shape index (κ1) is 14.5. The molecule has 2 N–H and O–H groups in total. The highest BCUT2D eigenvalue weighted by atomic mass is 16.4. The van der Waals surface area contributed by atoms with Gasteiger partial charge in [0.1, 0.15) is 12.2 Å². The summed E-state index contributed by atoms with van der Waals surface area (Å²) in [5.74, 6) is -0.256. The van der Waals surface area contributed by atoms with E-state index < -0.39 is 11.4 Å². The molecule has 110 valence electrons. The van der Waals surface area contributed by atoms with Crippen LogP contribution in [-0.4, -0.2) is 38.3 Å². The quantitative estimate of drug-likeness (QED) is 0.791. The van der Waals surface area contributed by atoms with Crippen LogP contribution >= 0.6 is 0 Å². The minimum atomic E-state index is -0.852. The molecule has 1 heterocycles. The van der Waals surface area contributed by atoms with E-state index in [4.69, 9.17) is 0 Å². The summed E-state index contributed by atoms with van der Waals surface area (Å²) in [4.78, 5) is 23.3. The molecule has 1 aromatic rings. The molecule has 1 aliphatic rings. The molecule has 0 saturated heterocycles. The summed E-state index contributed by atoms with van der Waals surface area (Å²) in [6.45, 7) is 0.446. The Hall–Kier alpha value is -1.92. The number of aliphatic carboxylic acids is 1. The average molecular weight is 280 g/mol. The highest BCUT2D eigenvalue weighted by Crippen LogP contribution is 2.41. The monoisotopic (exact) mass is 280 g/mol. The van der Waals surface area contributed by atoms with Gasteiger partial charge in [-0.3, -0.25) is 9.59 Å². The fraction of sp³-hybridized carbons (Fsp3) is 0.692. The van der Waals surface area contributed by atoms with Crippen LogP contribution in [0.3, 0.4) is 0 Å². The topological polar surface area (TPSA) is 97.1 Å². The van der Waals surface area contributed by atoms with Crippen molar-refractivity contribution in [1.29, 1.82) is 0 Å². The van der Waals surface area contributed by atoms with Crippen molar-refractivity contribution in [3.05, 3.63) is 12.2 Å². The first-order valence-corrected chi connectivity index (χ1v) is 6.86. The summed E-state index contributed by atoms with van der Waals surface area (Å²) < 4.78 is 1.79. The number of nitrogens with one attached hydrogen (secondary N) is 1. The number of hydrogen-bond donors (Lipinski definition) is 2. The standard InChI is InChI=1S/C13H20N4O3/c1-17-9-15-16-10(17)4-7-14-11(18)8-13(12(19)20)5-2-3-6-13/h9H,2-8H2,1H3,(H,14,18)(H,19,20). The molecule has 1 aromatic heterocycles. The van der Waals surface area contributed by atoms with Crippen LogP contribution in [0.4, 0.5) is 0 Å². The fourth-order valence-electron chi connectivity index (χ4n) is 2.74. The van der Waals surface area contributed by atoms with Crippen molar-refractivity contribution >= 4 is 11.9 Å². The lowest BCUT2D eigenvalue weighted by atomic mass is 9.82. The van der Waals surface area contributed by atoms with E-state index in [9.17, 15) is 14.7 Å². The number of amides is 1. The van der Waals surface area contributed by atoms with Gasteiger partial charge >= 0.3 is 5.97 Å². The zero-order valence-electron chi connectivity index (χ0n) is 11.6. The number of carbonyl (C=O) groups excluding carboxylic acids is 1. The average Bonchev–Trinajstić information content (AvgIpc) is 3.00. The highest BCUT2D eigenvalue weighted by molar-refractivity contribution is 5.85. The lowest BCUT2D eigenvalue weighted by molar-refractivity contribution is -0.151.